The molecule has 0 saturated heterocycles. The maximum absolute atomic E-state index is 11.7. The van der Waals surface area contributed by atoms with E-state index in [0.717, 1.165) is 31.2 Å². The zero-order valence-corrected chi connectivity index (χ0v) is 13.0. The molecule has 0 radical (unpaired) electrons. The molecule has 2 heterocycles. The molecule has 122 valence electrons. The quantitative estimate of drug-likeness (QED) is 0.890. The van der Waals surface area contributed by atoms with E-state index in [2.05, 4.69) is 15.1 Å². The van der Waals surface area contributed by atoms with Gasteiger partial charge in [-0.25, -0.2) is 9.78 Å². The fourth-order valence-electron chi connectivity index (χ4n) is 2.95. The molecule has 3 rings (SSSR count). The van der Waals surface area contributed by atoms with Crippen LogP contribution in [0.25, 0.3) is 11.3 Å². The minimum atomic E-state index is -1.01. The van der Waals surface area contributed by atoms with Crippen molar-refractivity contribution in [2.75, 3.05) is 4.90 Å². The second-order valence-electron chi connectivity index (χ2n) is 5.88. The Labute approximate surface area is 134 Å². The van der Waals surface area contributed by atoms with Crippen LogP contribution in [0.15, 0.2) is 24.8 Å². The molecule has 1 aliphatic rings. The molecule has 0 aromatic carbocycles. The molecular weight excluding hydrogens is 296 g/mol. The van der Waals surface area contributed by atoms with Gasteiger partial charge in [-0.15, -0.1) is 0 Å². The van der Waals surface area contributed by atoms with Gasteiger partial charge in [0.1, 0.15) is 0 Å². The average molecular weight is 316 g/mol. The van der Waals surface area contributed by atoms with E-state index in [1.165, 1.54) is 11.1 Å². The van der Waals surface area contributed by atoms with Gasteiger partial charge in [0.15, 0.2) is 5.82 Å². The molecule has 1 fully saturated rings. The first-order valence-electron chi connectivity index (χ1n) is 7.63. The molecule has 1 aliphatic carbocycles. The maximum atomic E-state index is 11.7. The van der Waals surface area contributed by atoms with Gasteiger partial charge >= 0.3 is 6.09 Å². The number of hydrogen-bond donors (Lipinski definition) is 2. The molecule has 8 heteroatoms. The molecule has 23 heavy (non-hydrogen) atoms. The highest BCUT2D eigenvalue weighted by Crippen LogP contribution is 2.26. The Morgan fingerprint density at radius 1 is 1.26 bits per heavy atom. The largest absolute Gasteiger partial charge is 0.465 e. The smallest absolute Gasteiger partial charge is 0.413 e. The van der Waals surface area contributed by atoms with Crippen LogP contribution in [0, 0.1) is 0 Å². The van der Waals surface area contributed by atoms with Crippen molar-refractivity contribution >= 4 is 11.9 Å². The van der Waals surface area contributed by atoms with E-state index in [4.69, 9.17) is 5.73 Å². The summed E-state index contributed by atoms with van der Waals surface area (Å²) in [5.41, 5.74) is 7.41. The highest BCUT2D eigenvalue weighted by atomic mass is 16.4. The van der Waals surface area contributed by atoms with Crippen LogP contribution in [-0.2, 0) is 7.05 Å². The number of nitrogens with zero attached hydrogens (tertiary/aromatic N) is 5. The molecule has 0 atom stereocenters. The summed E-state index contributed by atoms with van der Waals surface area (Å²) in [6, 6.07) is 0.0757. The Morgan fingerprint density at radius 3 is 2.52 bits per heavy atom. The molecule has 8 nitrogen and oxygen atoms in total. The van der Waals surface area contributed by atoms with Crippen molar-refractivity contribution in [1.29, 1.82) is 0 Å². The third-order valence-electron chi connectivity index (χ3n) is 4.20. The van der Waals surface area contributed by atoms with Gasteiger partial charge in [0.05, 0.1) is 24.3 Å². The van der Waals surface area contributed by atoms with Crippen LogP contribution in [-0.4, -0.2) is 43.0 Å². The standard InChI is InChI=1S/C15H20N6O2/c1-20-9-10(6-19-20)13-7-18-14(8-17-13)21(15(22)23)12-4-2-11(16)3-5-12/h6-9,11-12H,2-5,16H2,1H3,(H,22,23)/t11-,12-. The van der Waals surface area contributed by atoms with E-state index in [1.54, 1.807) is 17.1 Å². The monoisotopic (exact) mass is 316 g/mol. The van der Waals surface area contributed by atoms with Gasteiger partial charge in [-0.1, -0.05) is 0 Å². The van der Waals surface area contributed by atoms with E-state index in [1.807, 2.05) is 13.2 Å². The van der Waals surface area contributed by atoms with E-state index in [-0.39, 0.29) is 12.1 Å². The summed E-state index contributed by atoms with van der Waals surface area (Å²) >= 11 is 0. The summed E-state index contributed by atoms with van der Waals surface area (Å²) < 4.78 is 1.68. The first-order valence-corrected chi connectivity index (χ1v) is 7.63. The van der Waals surface area contributed by atoms with E-state index < -0.39 is 6.09 Å². The van der Waals surface area contributed by atoms with Gasteiger partial charge in [0.25, 0.3) is 0 Å². The summed E-state index contributed by atoms with van der Waals surface area (Å²) in [6.07, 6.45) is 8.77. The molecular formula is C15H20N6O2. The van der Waals surface area contributed by atoms with Crippen molar-refractivity contribution in [3.63, 3.8) is 0 Å². The fourth-order valence-corrected chi connectivity index (χ4v) is 2.95. The number of rotatable bonds is 3. The van der Waals surface area contributed by atoms with Crippen molar-refractivity contribution in [2.45, 2.75) is 37.8 Å². The fraction of sp³-hybridized carbons (Fsp3) is 0.467. The average Bonchev–Trinajstić information content (AvgIpc) is 2.96. The SMILES string of the molecule is Cn1cc(-c2cnc(N(C(=O)O)[C@H]3CC[C@H](N)CC3)cn2)cn1. The summed E-state index contributed by atoms with van der Waals surface area (Å²) in [5.74, 6) is 0.352. The number of aryl methyl sites for hydroxylation is 1. The van der Waals surface area contributed by atoms with Crippen LogP contribution in [0.4, 0.5) is 10.6 Å². The number of amides is 1. The van der Waals surface area contributed by atoms with E-state index >= 15 is 0 Å². The number of nitrogens with two attached hydrogens (primary N) is 1. The molecule has 2 aromatic heterocycles. The number of hydrogen-bond acceptors (Lipinski definition) is 5. The Kier molecular flexibility index (Phi) is 4.24. The summed E-state index contributed by atoms with van der Waals surface area (Å²) in [5, 5.41) is 13.6. The predicted octanol–water partition coefficient (Wildman–Crippen LogP) is 1.63. The second kappa shape index (κ2) is 6.33. The summed E-state index contributed by atoms with van der Waals surface area (Å²) in [4.78, 5) is 21.6. The highest BCUT2D eigenvalue weighted by molar-refractivity contribution is 5.85. The number of carboxylic acid groups (broad SMARTS) is 1. The molecule has 1 saturated carbocycles. The Hall–Kier alpha value is -2.48. The molecule has 1 amide bonds. The molecule has 3 N–H and O–H groups in total. The van der Waals surface area contributed by atoms with Crippen LogP contribution < -0.4 is 10.6 Å². The third-order valence-corrected chi connectivity index (χ3v) is 4.20. The second-order valence-corrected chi connectivity index (χ2v) is 5.88. The van der Waals surface area contributed by atoms with Crippen LogP contribution in [0.5, 0.6) is 0 Å². The van der Waals surface area contributed by atoms with Gasteiger partial charge in [0, 0.05) is 30.9 Å². The Balaban J connectivity index is 1.81. The van der Waals surface area contributed by atoms with Crippen LogP contribution in [0.1, 0.15) is 25.7 Å². The van der Waals surface area contributed by atoms with Crippen molar-refractivity contribution in [2.24, 2.45) is 12.8 Å². The van der Waals surface area contributed by atoms with E-state index in [0.29, 0.717) is 11.5 Å². The van der Waals surface area contributed by atoms with Crippen LogP contribution in [0.2, 0.25) is 0 Å². The first kappa shape index (κ1) is 15.4. The maximum Gasteiger partial charge on any atom is 0.413 e. The lowest BCUT2D eigenvalue weighted by molar-refractivity contribution is 0.195. The lowest BCUT2D eigenvalue weighted by Gasteiger charge is -2.33. The predicted molar refractivity (Wildman–Crippen MR) is 85.0 cm³/mol. The minimum Gasteiger partial charge on any atom is -0.465 e. The van der Waals surface area contributed by atoms with Crippen molar-refractivity contribution in [3.05, 3.63) is 24.8 Å². The molecule has 0 spiro atoms. The zero-order chi connectivity index (χ0) is 16.4. The topological polar surface area (TPSA) is 110 Å². The Morgan fingerprint density at radius 2 is 2.00 bits per heavy atom. The normalized spacial score (nSPS) is 21.1. The van der Waals surface area contributed by atoms with E-state index in [9.17, 15) is 9.90 Å². The van der Waals surface area contributed by atoms with Crippen molar-refractivity contribution in [1.82, 2.24) is 19.7 Å². The lowest BCUT2D eigenvalue weighted by atomic mass is 9.91. The molecule has 0 bridgehead atoms. The Bertz CT molecular complexity index is 676. The van der Waals surface area contributed by atoms with Gasteiger partial charge in [-0.3, -0.25) is 14.6 Å². The van der Waals surface area contributed by atoms with Gasteiger partial charge < -0.3 is 10.8 Å². The minimum absolute atomic E-state index is 0.0918. The number of aromatic nitrogens is 4. The zero-order valence-electron chi connectivity index (χ0n) is 13.0. The molecule has 2 aromatic rings. The summed E-state index contributed by atoms with van der Waals surface area (Å²) in [6.45, 7) is 0. The van der Waals surface area contributed by atoms with Crippen molar-refractivity contribution in [3.8, 4) is 11.3 Å². The van der Waals surface area contributed by atoms with Gasteiger partial charge in [0.2, 0.25) is 0 Å². The number of anilines is 1. The third kappa shape index (κ3) is 3.31. The first-order chi connectivity index (χ1) is 11.0. The molecule has 0 aliphatic heterocycles. The number of carbonyl (C=O) groups is 1. The van der Waals surface area contributed by atoms with Crippen LogP contribution >= 0.6 is 0 Å². The van der Waals surface area contributed by atoms with Gasteiger partial charge in [-0.2, -0.15) is 5.10 Å². The van der Waals surface area contributed by atoms with Crippen molar-refractivity contribution < 1.29 is 9.90 Å². The lowest BCUT2D eigenvalue weighted by Crippen LogP contribution is -2.44. The highest BCUT2D eigenvalue weighted by Gasteiger charge is 2.29. The summed E-state index contributed by atoms with van der Waals surface area (Å²) in [7, 11) is 1.82. The van der Waals surface area contributed by atoms with Crippen LogP contribution in [0.3, 0.4) is 0 Å². The van der Waals surface area contributed by atoms with Gasteiger partial charge in [-0.05, 0) is 25.7 Å². The molecule has 0 unspecified atom stereocenters.